The van der Waals surface area contributed by atoms with Crippen LogP contribution in [0.4, 0.5) is 19.1 Å². The van der Waals surface area contributed by atoms with Gasteiger partial charge in [-0.25, -0.2) is 4.99 Å². The summed E-state index contributed by atoms with van der Waals surface area (Å²) in [7, 11) is 4.04. The third-order valence-electron chi connectivity index (χ3n) is 8.10. The zero-order valence-electron chi connectivity index (χ0n) is 31.6. The van der Waals surface area contributed by atoms with E-state index >= 15 is 0 Å². The number of nitrogens with zero attached hydrogens (tertiary/aromatic N) is 5. The number of fused-ring (bicyclic) bond motifs is 1. The number of amides is 1. The van der Waals surface area contributed by atoms with Crippen molar-refractivity contribution in [1.82, 2.24) is 24.8 Å². The van der Waals surface area contributed by atoms with Crippen LogP contribution in [0.25, 0.3) is 11.0 Å². The Hall–Kier alpha value is -3.02. The normalized spacial score (nSPS) is 18.4. The van der Waals surface area contributed by atoms with Crippen LogP contribution < -0.4 is 10.9 Å². The number of H-pyrrole nitrogens is 1. The molecule has 19 heteroatoms. The van der Waals surface area contributed by atoms with Crippen molar-refractivity contribution in [3.63, 3.8) is 0 Å². The minimum Gasteiger partial charge on any atom is -0.414 e. The van der Waals surface area contributed by atoms with Crippen LogP contribution in [-0.4, -0.2) is 109 Å². The van der Waals surface area contributed by atoms with E-state index in [1.165, 1.54) is 27.9 Å². The minimum absolute atomic E-state index is 0.00525. The highest BCUT2D eigenvalue weighted by molar-refractivity contribution is 8.77. The van der Waals surface area contributed by atoms with Crippen molar-refractivity contribution in [2.45, 2.75) is 102 Å². The highest BCUT2D eigenvalue weighted by atomic mass is 33.1. The molecule has 0 saturated carbocycles. The second-order valence-electron chi connectivity index (χ2n) is 14.8. The highest BCUT2D eigenvalue weighted by Crippen LogP contribution is 2.39. The quantitative estimate of drug-likeness (QED) is 0.0313. The molecule has 1 amide bonds. The van der Waals surface area contributed by atoms with Gasteiger partial charge in [-0.1, -0.05) is 59.4 Å². The van der Waals surface area contributed by atoms with Gasteiger partial charge in [0, 0.05) is 38.0 Å². The molecule has 3 heterocycles. The Labute approximate surface area is 311 Å². The van der Waals surface area contributed by atoms with Crippen LogP contribution in [0.5, 0.6) is 0 Å². The first-order valence-corrected chi connectivity index (χ1v) is 21.8. The maximum absolute atomic E-state index is 13.4. The Kier molecular flexibility index (Phi) is 14.9. The largest absolute Gasteiger partial charge is 0.471 e. The van der Waals surface area contributed by atoms with Crippen LogP contribution in [0.1, 0.15) is 66.7 Å². The number of ether oxygens (including phenoxy) is 2. The van der Waals surface area contributed by atoms with Crippen LogP contribution in [0.3, 0.4) is 0 Å². The molecule has 13 nitrogen and oxygen atoms in total. The van der Waals surface area contributed by atoms with E-state index in [1.54, 1.807) is 43.6 Å². The summed E-state index contributed by atoms with van der Waals surface area (Å²) < 4.78 is 57.3. The van der Waals surface area contributed by atoms with Gasteiger partial charge in [-0.05, 0) is 45.8 Å². The van der Waals surface area contributed by atoms with Crippen LogP contribution >= 0.6 is 21.6 Å². The number of carbonyl (C=O) groups is 1. The number of halogens is 3. The molecule has 1 aliphatic heterocycles. The molecule has 1 aliphatic rings. The van der Waals surface area contributed by atoms with Gasteiger partial charge in [0.1, 0.15) is 24.9 Å². The molecule has 52 heavy (non-hydrogen) atoms. The van der Waals surface area contributed by atoms with Crippen molar-refractivity contribution in [2.75, 3.05) is 39.8 Å². The first-order chi connectivity index (χ1) is 24.0. The lowest BCUT2D eigenvalue weighted by Gasteiger charge is -2.37. The van der Waals surface area contributed by atoms with E-state index in [2.05, 4.69) is 65.8 Å². The molecule has 2 aromatic rings. The topological polar surface area (TPSA) is 145 Å². The van der Waals surface area contributed by atoms with Crippen molar-refractivity contribution >= 4 is 64.8 Å². The van der Waals surface area contributed by atoms with E-state index in [4.69, 9.17) is 18.7 Å². The summed E-state index contributed by atoms with van der Waals surface area (Å²) in [5.74, 6) is 4.27. The second kappa shape index (κ2) is 17.9. The predicted molar refractivity (Wildman–Crippen MR) is 204 cm³/mol. The molecule has 0 spiro atoms. The standard InChI is InChI=1S/C33H50F3N7O6S2Si/c1-21(2)41-49-23-15-25(48-24(23)17-47-52(10,11)31(3,4)5)43-16-22(26-27(43)39-30(40-28(26)44)38-19-42(8)9)13-12-14-46-20-50-51-32(6,7)18-37-29(45)33(34,35)36/h16,19,23-25H,14-15,17-18,20H2,1-11H3,(H,37,45)(H,39,40,44)/t23-,24-,25-/m1/s1. The monoisotopic (exact) mass is 789 g/mol. The lowest BCUT2D eigenvalue weighted by molar-refractivity contribution is -0.173. The van der Waals surface area contributed by atoms with Gasteiger partial charge in [0.15, 0.2) is 20.1 Å². The highest BCUT2D eigenvalue weighted by Gasteiger charge is 2.43. The molecule has 0 aromatic carbocycles. The molecule has 3 atom stereocenters. The molecule has 290 valence electrons. The van der Waals surface area contributed by atoms with Crippen molar-refractivity contribution in [3.05, 3.63) is 22.1 Å². The Morgan fingerprint density at radius 3 is 2.56 bits per heavy atom. The average molecular weight is 790 g/mol. The fourth-order valence-electron chi connectivity index (χ4n) is 4.37. The van der Waals surface area contributed by atoms with Crippen molar-refractivity contribution in [3.8, 4) is 11.8 Å². The predicted octanol–water partition coefficient (Wildman–Crippen LogP) is 6.20. The number of aliphatic imine (C=N–C) groups is 1. The number of nitrogens with one attached hydrogen (secondary N) is 2. The number of oxime groups is 1. The van der Waals surface area contributed by atoms with Crippen molar-refractivity contribution in [1.29, 1.82) is 0 Å². The number of rotatable bonds is 15. The Bertz CT molecular complexity index is 1720. The minimum atomic E-state index is -4.93. The number of alkyl halides is 3. The lowest BCUT2D eigenvalue weighted by Crippen LogP contribution is -2.44. The summed E-state index contributed by atoms with van der Waals surface area (Å²) in [6, 6.07) is 0. The second-order valence-corrected chi connectivity index (χ2v) is 22.5. The SMILES string of the molecule is CC(C)=NO[C@@H]1C[C@H](n2cc(C#CCOCSSC(C)(C)CNC(=O)C(F)(F)F)c3c(=O)[nH]c(N=CN(C)C)nc32)O[C@@H]1CO[Si](C)(C)C(C)(C)C. The Morgan fingerprint density at radius 2 is 1.94 bits per heavy atom. The Morgan fingerprint density at radius 1 is 1.25 bits per heavy atom. The van der Waals surface area contributed by atoms with Gasteiger partial charge in [0.2, 0.25) is 5.95 Å². The van der Waals surface area contributed by atoms with E-state index in [9.17, 15) is 22.8 Å². The van der Waals surface area contributed by atoms with Gasteiger partial charge < -0.3 is 33.5 Å². The number of hydrogen-bond acceptors (Lipinski definition) is 11. The number of carbonyl (C=O) groups excluding carboxylic acids is 1. The third kappa shape index (κ3) is 12.5. The Balaban J connectivity index is 1.83. The van der Waals surface area contributed by atoms with Crippen molar-refractivity contribution < 1.29 is 36.7 Å². The van der Waals surface area contributed by atoms with E-state index in [0.717, 1.165) is 5.71 Å². The molecule has 0 aliphatic carbocycles. The average Bonchev–Trinajstić information content (AvgIpc) is 3.60. The van der Waals surface area contributed by atoms with Gasteiger partial charge in [-0.15, -0.1) is 0 Å². The number of aromatic amines is 1. The summed E-state index contributed by atoms with van der Waals surface area (Å²) in [5, 5.41) is 6.37. The van der Waals surface area contributed by atoms with E-state index in [-0.39, 0.29) is 35.5 Å². The molecular formula is C33H50F3N7O6S2Si. The summed E-state index contributed by atoms with van der Waals surface area (Å²) in [6.07, 6.45) is -2.75. The maximum atomic E-state index is 13.4. The van der Waals surface area contributed by atoms with Crippen LogP contribution in [-0.2, 0) is 23.5 Å². The van der Waals surface area contributed by atoms with E-state index in [1.807, 2.05) is 19.2 Å². The first kappa shape index (κ1) is 43.4. The van der Waals surface area contributed by atoms with E-state index in [0.29, 0.717) is 24.2 Å². The zero-order valence-corrected chi connectivity index (χ0v) is 34.2. The van der Waals surface area contributed by atoms with Crippen LogP contribution in [0, 0.1) is 11.8 Å². The summed E-state index contributed by atoms with van der Waals surface area (Å²) in [4.78, 5) is 43.9. The smallest absolute Gasteiger partial charge is 0.414 e. The zero-order chi connectivity index (χ0) is 39.1. The maximum Gasteiger partial charge on any atom is 0.471 e. The number of aromatic nitrogens is 3. The van der Waals surface area contributed by atoms with Gasteiger partial charge in [0.25, 0.3) is 5.56 Å². The van der Waals surface area contributed by atoms with Gasteiger partial charge in [0.05, 0.1) is 29.6 Å². The van der Waals surface area contributed by atoms with Gasteiger partial charge in [-0.2, -0.15) is 18.2 Å². The molecular weight excluding hydrogens is 740 g/mol. The molecule has 3 rings (SSSR count). The van der Waals surface area contributed by atoms with E-state index < -0.39 is 49.1 Å². The summed E-state index contributed by atoms with van der Waals surface area (Å²) >= 11 is 0. The van der Waals surface area contributed by atoms with Crippen LogP contribution in [0.15, 0.2) is 21.1 Å². The molecule has 2 aromatic heterocycles. The third-order valence-corrected chi connectivity index (χ3v) is 15.6. The van der Waals surface area contributed by atoms with Crippen molar-refractivity contribution in [2.24, 2.45) is 10.1 Å². The fourth-order valence-corrected chi connectivity index (χ4v) is 7.51. The first-order valence-electron chi connectivity index (χ1n) is 16.5. The van der Waals surface area contributed by atoms with Gasteiger partial charge in [-0.3, -0.25) is 14.6 Å². The molecule has 0 radical (unpaired) electrons. The number of hydrogen-bond donors (Lipinski definition) is 2. The van der Waals surface area contributed by atoms with Gasteiger partial charge >= 0.3 is 12.1 Å². The lowest BCUT2D eigenvalue weighted by atomic mass is 10.2. The molecule has 2 N–H and O–H groups in total. The van der Waals surface area contributed by atoms with Crippen LogP contribution in [0.2, 0.25) is 18.1 Å². The molecule has 1 fully saturated rings. The summed E-state index contributed by atoms with van der Waals surface area (Å²) in [6.45, 7) is 18.1. The fraction of sp³-hybridized carbons (Fsp3) is 0.667. The molecule has 0 bridgehead atoms. The molecule has 1 saturated heterocycles. The summed E-state index contributed by atoms with van der Waals surface area (Å²) in [5.41, 5.74) is 1.06. The molecule has 0 unspecified atom stereocenters.